The summed E-state index contributed by atoms with van der Waals surface area (Å²) in [6, 6.07) is 4.82. The summed E-state index contributed by atoms with van der Waals surface area (Å²) in [7, 11) is 0. The maximum absolute atomic E-state index is 4.86. The fraction of sp³-hybridized carbons (Fsp3) is 0.500. The average Bonchev–Trinajstić information content (AvgIpc) is 3.14. The molecule has 3 aromatic heterocycles. The zero-order valence-corrected chi connectivity index (χ0v) is 16.1. The van der Waals surface area contributed by atoms with E-state index in [0.717, 1.165) is 22.3 Å². The van der Waals surface area contributed by atoms with Crippen LogP contribution in [0.1, 0.15) is 60.8 Å². The molecule has 0 spiro atoms. The van der Waals surface area contributed by atoms with Gasteiger partial charge in [-0.05, 0) is 45.2 Å². The number of pyridine rings is 1. The Labute approximate surface area is 153 Å². The van der Waals surface area contributed by atoms with Crippen LogP contribution < -0.4 is 0 Å². The minimum Gasteiger partial charge on any atom is -0.320 e. The maximum Gasteiger partial charge on any atom is 0.169 e. The van der Waals surface area contributed by atoms with Gasteiger partial charge in [0.2, 0.25) is 0 Å². The number of aromatic nitrogens is 4. The highest BCUT2D eigenvalue weighted by Crippen LogP contribution is 2.35. The third kappa shape index (κ3) is 3.34. The number of imidazole rings is 2. The molecular weight excluding hydrogens is 328 g/mol. The largest absolute Gasteiger partial charge is 0.320 e. The Bertz CT molecular complexity index is 887. The van der Waals surface area contributed by atoms with Crippen LogP contribution in [0, 0.1) is 20.8 Å². The van der Waals surface area contributed by atoms with Gasteiger partial charge in [0.15, 0.2) is 5.16 Å². The number of hydrogen-bond donors (Lipinski definition) is 0. The summed E-state index contributed by atoms with van der Waals surface area (Å²) < 4.78 is 4.62. The van der Waals surface area contributed by atoms with Crippen LogP contribution in [0.25, 0.3) is 5.65 Å². The van der Waals surface area contributed by atoms with Crippen LogP contribution in [-0.4, -0.2) is 18.9 Å². The van der Waals surface area contributed by atoms with Gasteiger partial charge in [0.25, 0.3) is 0 Å². The molecule has 25 heavy (non-hydrogen) atoms. The third-order valence-corrected chi connectivity index (χ3v) is 6.28. The summed E-state index contributed by atoms with van der Waals surface area (Å²) in [5.74, 6) is 0.864. The van der Waals surface area contributed by atoms with E-state index in [4.69, 9.17) is 9.97 Å². The molecule has 0 atom stereocenters. The molecular formula is C20H26N4S. The van der Waals surface area contributed by atoms with E-state index in [0.29, 0.717) is 6.04 Å². The fourth-order valence-corrected chi connectivity index (χ4v) is 4.87. The number of nitrogens with zero attached hydrogens (tertiary/aromatic N) is 4. The Balaban J connectivity index is 1.56. The molecule has 0 saturated heterocycles. The van der Waals surface area contributed by atoms with Gasteiger partial charge in [-0.1, -0.05) is 37.1 Å². The van der Waals surface area contributed by atoms with Gasteiger partial charge >= 0.3 is 0 Å². The first kappa shape index (κ1) is 16.7. The first-order valence-corrected chi connectivity index (χ1v) is 10.2. The van der Waals surface area contributed by atoms with Crippen LogP contribution in [0.3, 0.4) is 0 Å². The molecule has 0 aliphatic heterocycles. The fourth-order valence-electron chi connectivity index (χ4n) is 3.83. The Hall–Kier alpha value is -1.75. The molecule has 5 heteroatoms. The predicted molar refractivity (Wildman–Crippen MR) is 103 cm³/mol. The molecule has 0 unspecified atom stereocenters. The lowest BCUT2D eigenvalue weighted by molar-refractivity contribution is 0.332. The van der Waals surface area contributed by atoms with E-state index in [9.17, 15) is 0 Å². The van der Waals surface area contributed by atoms with Crippen molar-refractivity contribution in [2.45, 2.75) is 69.8 Å². The molecule has 0 aromatic carbocycles. The Morgan fingerprint density at radius 2 is 1.84 bits per heavy atom. The van der Waals surface area contributed by atoms with Crippen LogP contribution in [0.15, 0.2) is 29.7 Å². The molecule has 0 N–H and O–H groups in total. The monoisotopic (exact) mass is 354 g/mol. The average molecular weight is 355 g/mol. The van der Waals surface area contributed by atoms with Crippen molar-refractivity contribution in [3.63, 3.8) is 0 Å². The second-order valence-electron chi connectivity index (χ2n) is 7.22. The van der Waals surface area contributed by atoms with E-state index >= 15 is 0 Å². The first-order valence-electron chi connectivity index (χ1n) is 9.24. The number of rotatable bonds is 4. The van der Waals surface area contributed by atoms with Crippen molar-refractivity contribution in [1.82, 2.24) is 18.9 Å². The SMILES string of the molecule is Cc1ccc2nc(CSc3nc(C)c(C)n3C3CCCCC3)cn2c1. The molecule has 3 heterocycles. The Kier molecular flexibility index (Phi) is 4.59. The van der Waals surface area contributed by atoms with Gasteiger partial charge in [-0.2, -0.15) is 0 Å². The van der Waals surface area contributed by atoms with Crippen LogP contribution >= 0.6 is 11.8 Å². The zero-order chi connectivity index (χ0) is 17.4. The van der Waals surface area contributed by atoms with Gasteiger partial charge in [-0.15, -0.1) is 0 Å². The highest BCUT2D eigenvalue weighted by atomic mass is 32.2. The van der Waals surface area contributed by atoms with E-state index < -0.39 is 0 Å². The molecule has 1 saturated carbocycles. The minimum atomic E-state index is 0.626. The van der Waals surface area contributed by atoms with Gasteiger partial charge in [0.1, 0.15) is 5.65 Å². The summed E-state index contributed by atoms with van der Waals surface area (Å²) in [5.41, 5.74) is 5.88. The van der Waals surface area contributed by atoms with Gasteiger partial charge in [-0.3, -0.25) is 0 Å². The summed E-state index contributed by atoms with van der Waals surface area (Å²) >= 11 is 1.82. The Morgan fingerprint density at radius 1 is 1.04 bits per heavy atom. The van der Waals surface area contributed by atoms with Crippen molar-refractivity contribution < 1.29 is 0 Å². The van der Waals surface area contributed by atoms with E-state index in [-0.39, 0.29) is 0 Å². The number of fused-ring (bicyclic) bond motifs is 1. The van der Waals surface area contributed by atoms with Gasteiger partial charge in [0, 0.05) is 29.9 Å². The molecule has 0 bridgehead atoms. The van der Waals surface area contributed by atoms with Crippen LogP contribution in [0.2, 0.25) is 0 Å². The second kappa shape index (κ2) is 6.87. The normalized spacial score (nSPS) is 16.0. The van der Waals surface area contributed by atoms with Gasteiger partial charge in [-0.25, -0.2) is 9.97 Å². The molecule has 3 aromatic rings. The molecule has 132 valence electrons. The summed E-state index contributed by atoms with van der Waals surface area (Å²) in [6.45, 7) is 6.46. The molecule has 1 aliphatic rings. The van der Waals surface area contributed by atoms with E-state index in [1.165, 1.54) is 49.1 Å². The predicted octanol–water partition coefficient (Wildman–Crippen LogP) is 5.25. The lowest BCUT2D eigenvalue weighted by Gasteiger charge is -2.26. The maximum atomic E-state index is 4.86. The molecule has 1 fully saturated rings. The number of aryl methyl sites for hydroxylation is 2. The summed E-state index contributed by atoms with van der Waals surface area (Å²) in [5, 5.41) is 1.16. The smallest absolute Gasteiger partial charge is 0.169 e. The number of hydrogen-bond acceptors (Lipinski definition) is 3. The third-order valence-electron chi connectivity index (χ3n) is 5.29. The van der Waals surface area contributed by atoms with E-state index in [1.807, 2.05) is 11.8 Å². The second-order valence-corrected chi connectivity index (χ2v) is 8.16. The first-order chi connectivity index (χ1) is 12.1. The topological polar surface area (TPSA) is 35.1 Å². The zero-order valence-electron chi connectivity index (χ0n) is 15.3. The standard InChI is InChI=1S/C20H26N4S/c1-14-9-10-19-22-17(12-23(19)11-14)13-25-20-21-15(2)16(3)24(20)18-7-5-4-6-8-18/h9-12,18H,4-8,13H2,1-3H3. The summed E-state index contributed by atoms with van der Waals surface area (Å²) in [6.07, 6.45) is 10.9. The minimum absolute atomic E-state index is 0.626. The van der Waals surface area contributed by atoms with Gasteiger partial charge in [0.05, 0.1) is 11.4 Å². The molecule has 0 amide bonds. The van der Waals surface area contributed by atoms with Crippen molar-refractivity contribution in [1.29, 1.82) is 0 Å². The van der Waals surface area contributed by atoms with Gasteiger partial charge < -0.3 is 8.97 Å². The van der Waals surface area contributed by atoms with Crippen LogP contribution in [0.5, 0.6) is 0 Å². The van der Waals surface area contributed by atoms with Crippen LogP contribution in [-0.2, 0) is 5.75 Å². The molecule has 4 nitrogen and oxygen atoms in total. The van der Waals surface area contributed by atoms with Crippen molar-refractivity contribution in [3.05, 3.63) is 47.2 Å². The van der Waals surface area contributed by atoms with Crippen molar-refractivity contribution >= 4 is 17.4 Å². The molecule has 0 radical (unpaired) electrons. The Morgan fingerprint density at radius 3 is 2.64 bits per heavy atom. The van der Waals surface area contributed by atoms with E-state index in [2.05, 4.69) is 54.3 Å². The highest BCUT2D eigenvalue weighted by Gasteiger charge is 2.22. The van der Waals surface area contributed by atoms with Crippen LogP contribution in [0.4, 0.5) is 0 Å². The lowest BCUT2D eigenvalue weighted by Crippen LogP contribution is -2.15. The van der Waals surface area contributed by atoms with Crippen molar-refractivity contribution in [2.24, 2.45) is 0 Å². The van der Waals surface area contributed by atoms with Crippen molar-refractivity contribution in [2.75, 3.05) is 0 Å². The quantitative estimate of drug-likeness (QED) is 0.600. The molecule has 1 aliphatic carbocycles. The highest BCUT2D eigenvalue weighted by molar-refractivity contribution is 7.98. The van der Waals surface area contributed by atoms with Crippen molar-refractivity contribution in [3.8, 4) is 0 Å². The molecule has 4 rings (SSSR count). The van der Waals surface area contributed by atoms with E-state index in [1.54, 1.807) is 0 Å². The number of thioether (sulfide) groups is 1. The summed E-state index contributed by atoms with van der Waals surface area (Å²) in [4.78, 5) is 9.61. The lowest BCUT2D eigenvalue weighted by atomic mass is 9.95.